The van der Waals surface area contributed by atoms with Crippen LogP contribution in [-0.2, 0) is 9.53 Å². The van der Waals surface area contributed by atoms with Crippen LogP contribution in [-0.4, -0.2) is 49.3 Å². The van der Waals surface area contributed by atoms with E-state index in [0.29, 0.717) is 38.2 Å². The maximum absolute atomic E-state index is 14.2. The number of hydrogen-bond donors (Lipinski definition) is 2. The molecule has 24 heavy (non-hydrogen) atoms. The highest BCUT2D eigenvalue weighted by Crippen LogP contribution is 2.32. The number of carbonyl (C=O) groups excluding carboxylic acids is 1. The van der Waals surface area contributed by atoms with Gasteiger partial charge in [0, 0.05) is 19.6 Å². The van der Waals surface area contributed by atoms with Crippen LogP contribution in [0.4, 0.5) is 15.8 Å². The molecule has 1 saturated heterocycles. The predicted molar refractivity (Wildman–Crippen MR) is 93.2 cm³/mol. The third-order valence-electron chi connectivity index (χ3n) is 4.14. The van der Waals surface area contributed by atoms with Gasteiger partial charge in [-0.1, -0.05) is 6.07 Å². The van der Waals surface area contributed by atoms with Crippen LogP contribution < -0.4 is 10.2 Å². The highest BCUT2D eigenvalue weighted by Gasteiger charge is 2.27. The van der Waals surface area contributed by atoms with E-state index in [0.717, 1.165) is 5.69 Å². The van der Waals surface area contributed by atoms with Gasteiger partial charge in [-0.05, 0) is 31.9 Å². The number of hydrogen-bond acceptors (Lipinski definition) is 5. The average Bonchev–Trinajstić information content (AvgIpc) is 2.60. The molecule has 0 aliphatic carbocycles. The van der Waals surface area contributed by atoms with E-state index in [1.54, 1.807) is 13.0 Å². The third kappa shape index (κ3) is 4.74. The van der Waals surface area contributed by atoms with Crippen LogP contribution in [0.3, 0.4) is 0 Å². The Bertz CT molecular complexity index is 551. The largest absolute Gasteiger partial charge is 0.466 e. The van der Waals surface area contributed by atoms with Gasteiger partial charge in [0.05, 0.1) is 35.9 Å². The van der Waals surface area contributed by atoms with Gasteiger partial charge in [0.2, 0.25) is 0 Å². The zero-order valence-corrected chi connectivity index (χ0v) is 14.6. The molecular formula is C17H24ClFN2O3. The maximum Gasteiger partial charge on any atom is 0.309 e. The number of aliphatic hydroxyl groups is 1. The van der Waals surface area contributed by atoms with Crippen molar-refractivity contribution < 1.29 is 19.0 Å². The normalized spacial score (nSPS) is 16.8. The van der Waals surface area contributed by atoms with Crippen molar-refractivity contribution in [1.82, 2.24) is 0 Å². The standard InChI is InChI=1S/C17H24ClFN2O3/c1-2-24-17(23)12-6-8-21(9-7-12)15-5-3-4-14(19)16(15)20-11-13(22)10-18/h3-5,12-13,20,22H,2,6-11H2,1H3. The van der Waals surface area contributed by atoms with Gasteiger partial charge in [0.25, 0.3) is 0 Å². The Kier molecular flexibility index (Phi) is 7.12. The van der Waals surface area contributed by atoms with Gasteiger partial charge in [-0.2, -0.15) is 0 Å². The van der Waals surface area contributed by atoms with E-state index in [1.807, 2.05) is 11.0 Å². The van der Waals surface area contributed by atoms with Gasteiger partial charge in [-0.3, -0.25) is 4.79 Å². The molecule has 5 nitrogen and oxygen atoms in total. The number of anilines is 2. The minimum atomic E-state index is -0.742. The summed E-state index contributed by atoms with van der Waals surface area (Å²) in [4.78, 5) is 13.9. The number of halogens is 2. The second-order valence-corrected chi connectivity index (χ2v) is 6.14. The number of nitrogens with one attached hydrogen (secondary N) is 1. The van der Waals surface area contributed by atoms with E-state index in [9.17, 15) is 14.3 Å². The molecule has 1 aromatic carbocycles. The molecule has 0 aromatic heterocycles. The van der Waals surface area contributed by atoms with Crippen molar-refractivity contribution in [3.05, 3.63) is 24.0 Å². The first-order valence-electron chi connectivity index (χ1n) is 8.24. The van der Waals surface area contributed by atoms with Crippen LogP contribution >= 0.6 is 11.6 Å². The number of rotatable bonds is 7. The van der Waals surface area contributed by atoms with Crippen LogP contribution in [0.15, 0.2) is 18.2 Å². The Morgan fingerprint density at radius 2 is 2.21 bits per heavy atom. The second-order valence-electron chi connectivity index (χ2n) is 5.84. The Morgan fingerprint density at radius 1 is 1.50 bits per heavy atom. The molecule has 1 unspecified atom stereocenters. The molecule has 7 heteroatoms. The smallest absolute Gasteiger partial charge is 0.309 e. The van der Waals surface area contributed by atoms with Crippen LogP contribution in [0.25, 0.3) is 0 Å². The Morgan fingerprint density at radius 3 is 2.83 bits per heavy atom. The van der Waals surface area contributed by atoms with Crippen molar-refractivity contribution in [2.24, 2.45) is 5.92 Å². The molecule has 134 valence electrons. The molecule has 1 heterocycles. The predicted octanol–water partition coefficient (Wildman–Crippen LogP) is 2.62. The molecule has 0 saturated carbocycles. The highest BCUT2D eigenvalue weighted by molar-refractivity contribution is 6.18. The molecule has 0 amide bonds. The van der Waals surface area contributed by atoms with Crippen molar-refractivity contribution in [2.75, 3.05) is 42.3 Å². The number of aliphatic hydroxyl groups excluding tert-OH is 1. The maximum atomic E-state index is 14.2. The summed E-state index contributed by atoms with van der Waals surface area (Å²) in [5.74, 6) is -0.534. The molecule has 2 N–H and O–H groups in total. The van der Waals surface area contributed by atoms with Crippen molar-refractivity contribution in [1.29, 1.82) is 0 Å². The van der Waals surface area contributed by atoms with Gasteiger partial charge in [-0.25, -0.2) is 4.39 Å². The quantitative estimate of drug-likeness (QED) is 0.579. The molecular weight excluding hydrogens is 335 g/mol. The van der Waals surface area contributed by atoms with Crippen molar-refractivity contribution in [3.8, 4) is 0 Å². The lowest BCUT2D eigenvalue weighted by molar-refractivity contribution is -0.148. The molecule has 0 spiro atoms. The number of esters is 1. The van der Waals surface area contributed by atoms with Crippen LogP contribution in [0.5, 0.6) is 0 Å². The summed E-state index contributed by atoms with van der Waals surface area (Å²) in [5, 5.41) is 12.5. The number of para-hydroxylation sites is 1. The fraction of sp³-hybridized carbons (Fsp3) is 0.588. The van der Waals surface area contributed by atoms with Crippen LogP contribution in [0.1, 0.15) is 19.8 Å². The zero-order chi connectivity index (χ0) is 17.5. The number of alkyl halides is 1. The molecule has 0 radical (unpaired) electrons. The third-order valence-corrected chi connectivity index (χ3v) is 4.50. The minimum absolute atomic E-state index is 0.0850. The molecule has 0 bridgehead atoms. The van der Waals surface area contributed by atoms with Crippen molar-refractivity contribution in [2.45, 2.75) is 25.9 Å². The van der Waals surface area contributed by atoms with E-state index in [2.05, 4.69) is 5.32 Å². The second kappa shape index (κ2) is 9.08. The van der Waals surface area contributed by atoms with Gasteiger partial charge in [0.1, 0.15) is 5.82 Å². The Labute approximate surface area is 146 Å². The van der Waals surface area contributed by atoms with E-state index < -0.39 is 6.10 Å². The van der Waals surface area contributed by atoms with E-state index in [4.69, 9.17) is 16.3 Å². The van der Waals surface area contributed by atoms with Crippen LogP contribution in [0.2, 0.25) is 0 Å². The first-order valence-corrected chi connectivity index (χ1v) is 8.78. The summed E-state index contributed by atoms with van der Waals surface area (Å²) in [6, 6.07) is 4.87. The van der Waals surface area contributed by atoms with E-state index >= 15 is 0 Å². The monoisotopic (exact) mass is 358 g/mol. The summed E-state index contributed by atoms with van der Waals surface area (Å²) >= 11 is 5.58. The van der Waals surface area contributed by atoms with Gasteiger partial charge >= 0.3 is 5.97 Å². The molecule has 2 rings (SSSR count). The number of piperidine rings is 1. The minimum Gasteiger partial charge on any atom is -0.466 e. The summed E-state index contributed by atoms with van der Waals surface area (Å²) in [5.41, 5.74) is 1.09. The lowest BCUT2D eigenvalue weighted by Gasteiger charge is -2.34. The van der Waals surface area contributed by atoms with Gasteiger partial charge in [0.15, 0.2) is 0 Å². The van der Waals surface area contributed by atoms with Crippen molar-refractivity contribution >= 4 is 28.9 Å². The highest BCUT2D eigenvalue weighted by atomic mass is 35.5. The van der Waals surface area contributed by atoms with E-state index in [1.165, 1.54) is 6.07 Å². The number of nitrogens with zero attached hydrogens (tertiary/aromatic N) is 1. The lowest BCUT2D eigenvalue weighted by atomic mass is 9.96. The fourth-order valence-electron chi connectivity index (χ4n) is 2.84. The zero-order valence-electron chi connectivity index (χ0n) is 13.8. The fourth-order valence-corrected chi connectivity index (χ4v) is 2.95. The number of ether oxygens (including phenoxy) is 1. The molecule has 1 aromatic rings. The Balaban J connectivity index is 2.04. The molecule has 1 atom stereocenters. The summed E-state index contributed by atoms with van der Waals surface area (Å²) in [6.45, 7) is 3.67. The van der Waals surface area contributed by atoms with E-state index in [-0.39, 0.29) is 30.1 Å². The summed E-state index contributed by atoms with van der Waals surface area (Å²) < 4.78 is 19.3. The lowest BCUT2D eigenvalue weighted by Crippen LogP contribution is -2.37. The molecule has 1 fully saturated rings. The number of carbonyl (C=O) groups is 1. The molecule has 1 aliphatic rings. The summed E-state index contributed by atoms with van der Waals surface area (Å²) in [7, 11) is 0. The first-order chi connectivity index (χ1) is 11.6. The Hall–Kier alpha value is -1.53. The topological polar surface area (TPSA) is 61.8 Å². The molecule has 1 aliphatic heterocycles. The average molecular weight is 359 g/mol. The summed E-state index contributed by atoms with van der Waals surface area (Å²) in [6.07, 6.45) is 0.617. The van der Waals surface area contributed by atoms with Gasteiger partial charge in [-0.15, -0.1) is 11.6 Å². The van der Waals surface area contributed by atoms with Gasteiger partial charge < -0.3 is 20.1 Å². The SMILES string of the molecule is CCOC(=O)C1CCN(c2cccc(F)c2NCC(O)CCl)CC1. The number of benzene rings is 1. The van der Waals surface area contributed by atoms with Crippen LogP contribution in [0, 0.1) is 11.7 Å². The first kappa shape index (κ1) is 18.8. The van der Waals surface area contributed by atoms with Crippen molar-refractivity contribution in [3.63, 3.8) is 0 Å².